The molecule has 1 fully saturated rings. The van der Waals surface area contributed by atoms with Crippen molar-refractivity contribution < 1.29 is 22.3 Å². The summed E-state index contributed by atoms with van der Waals surface area (Å²) in [6.45, 7) is 2.05. The van der Waals surface area contributed by atoms with E-state index >= 15 is 0 Å². The van der Waals surface area contributed by atoms with Crippen molar-refractivity contribution in [2.45, 2.75) is 36.9 Å². The second-order valence-corrected chi connectivity index (χ2v) is 7.32. The predicted molar refractivity (Wildman–Crippen MR) is 92.3 cm³/mol. The monoisotopic (exact) mass is 380 g/mol. The summed E-state index contributed by atoms with van der Waals surface area (Å²) in [5.74, 6) is 1.41. The summed E-state index contributed by atoms with van der Waals surface area (Å²) in [6.07, 6.45) is -0.546. The zero-order valence-electron chi connectivity index (χ0n) is 13.8. The normalized spacial score (nSPS) is 14.8. The molecule has 0 atom stereocenters. The molecule has 0 saturated heterocycles. The van der Waals surface area contributed by atoms with Gasteiger partial charge < -0.3 is 9.15 Å². The van der Waals surface area contributed by atoms with Crippen molar-refractivity contribution in [2.75, 3.05) is 5.75 Å². The number of hydrogen-bond acceptors (Lipinski definition) is 5. The van der Waals surface area contributed by atoms with Gasteiger partial charge in [-0.25, -0.2) is 9.97 Å². The number of pyridine rings is 1. The van der Waals surface area contributed by atoms with Crippen molar-refractivity contribution in [3.8, 4) is 17.3 Å². The molecule has 0 spiro atoms. The van der Waals surface area contributed by atoms with Crippen LogP contribution in [0.25, 0.3) is 22.7 Å². The fourth-order valence-electron chi connectivity index (χ4n) is 2.73. The molecule has 3 aromatic rings. The average Bonchev–Trinajstić information content (AvgIpc) is 3.33. The third kappa shape index (κ3) is 3.65. The van der Waals surface area contributed by atoms with E-state index in [9.17, 15) is 13.2 Å². The summed E-state index contributed by atoms with van der Waals surface area (Å²) in [5, 5.41) is 0. The van der Waals surface area contributed by atoms with Gasteiger partial charge in [0.05, 0.1) is 0 Å². The van der Waals surface area contributed by atoms with Gasteiger partial charge in [0.15, 0.2) is 5.58 Å². The SMILES string of the molecule is CCSc1cc(C2CC2)cnc1-c1nc2cc(OC(F)(F)F)ccc2o1. The topological polar surface area (TPSA) is 48.2 Å². The lowest BCUT2D eigenvalue weighted by Gasteiger charge is -2.07. The highest BCUT2D eigenvalue weighted by molar-refractivity contribution is 7.99. The van der Waals surface area contributed by atoms with Crippen LogP contribution in [-0.4, -0.2) is 22.1 Å². The van der Waals surface area contributed by atoms with E-state index < -0.39 is 6.36 Å². The molecule has 0 bridgehead atoms. The van der Waals surface area contributed by atoms with E-state index in [-0.39, 0.29) is 5.75 Å². The van der Waals surface area contributed by atoms with Gasteiger partial charge in [-0.1, -0.05) is 6.92 Å². The Bertz CT molecular complexity index is 951. The maximum atomic E-state index is 12.4. The molecule has 1 aliphatic rings. The number of aromatic nitrogens is 2. The maximum Gasteiger partial charge on any atom is 0.573 e. The van der Waals surface area contributed by atoms with Crippen LogP contribution in [0, 0.1) is 0 Å². The molecular formula is C18H15F3N2O2S. The predicted octanol–water partition coefficient (Wildman–Crippen LogP) is 5.78. The molecule has 26 heavy (non-hydrogen) atoms. The number of hydrogen-bond donors (Lipinski definition) is 0. The van der Waals surface area contributed by atoms with Crippen LogP contribution >= 0.6 is 11.8 Å². The molecule has 0 unspecified atom stereocenters. The van der Waals surface area contributed by atoms with E-state index in [1.807, 2.05) is 13.1 Å². The van der Waals surface area contributed by atoms with E-state index in [4.69, 9.17) is 4.42 Å². The number of benzene rings is 1. The van der Waals surface area contributed by atoms with Gasteiger partial charge in [0.2, 0.25) is 5.89 Å². The molecule has 0 amide bonds. The van der Waals surface area contributed by atoms with Crippen molar-refractivity contribution in [2.24, 2.45) is 0 Å². The molecular weight excluding hydrogens is 365 g/mol. The number of rotatable bonds is 5. The molecule has 0 N–H and O–H groups in total. The van der Waals surface area contributed by atoms with Crippen LogP contribution in [-0.2, 0) is 0 Å². The van der Waals surface area contributed by atoms with Crippen molar-refractivity contribution >= 4 is 22.9 Å². The van der Waals surface area contributed by atoms with Crippen molar-refractivity contribution in [1.82, 2.24) is 9.97 Å². The Morgan fingerprint density at radius 2 is 2.08 bits per heavy atom. The Labute approximate surface area is 151 Å². The number of ether oxygens (including phenoxy) is 1. The van der Waals surface area contributed by atoms with Crippen molar-refractivity contribution in [3.63, 3.8) is 0 Å². The molecule has 8 heteroatoms. The quantitative estimate of drug-likeness (QED) is 0.525. The number of alkyl halides is 3. The molecule has 136 valence electrons. The van der Waals surface area contributed by atoms with E-state index in [1.54, 1.807) is 11.8 Å². The molecule has 1 aliphatic carbocycles. The van der Waals surface area contributed by atoms with Gasteiger partial charge in [0, 0.05) is 17.2 Å². The first-order valence-electron chi connectivity index (χ1n) is 8.22. The third-order valence-corrected chi connectivity index (χ3v) is 4.93. The first-order valence-corrected chi connectivity index (χ1v) is 9.21. The highest BCUT2D eigenvalue weighted by Gasteiger charge is 2.31. The zero-order chi connectivity index (χ0) is 18.3. The summed E-state index contributed by atoms with van der Waals surface area (Å²) in [6, 6.07) is 5.94. The van der Waals surface area contributed by atoms with Gasteiger partial charge in [-0.2, -0.15) is 0 Å². The minimum Gasteiger partial charge on any atom is -0.435 e. The van der Waals surface area contributed by atoms with Gasteiger partial charge in [0.1, 0.15) is 17.0 Å². The highest BCUT2D eigenvalue weighted by atomic mass is 32.2. The molecule has 4 nitrogen and oxygen atoms in total. The molecule has 4 rings (SSSR count). The fraction of sp³-hybridized carbons (Fsp3) is 0.333. The van der Waals surface area contributed by atoms with Gasteiger partial charge in [-0.05, 0) is 48.3 Å². The number of fused-ring (bicyclic) bond motifs is 1. The van der Waals surface area contributed by atoms with Gasteiger partial charge in [0.25, 0.3) is 0 Å². The Hall–Kier alpha value is -2.22. The van der Waals surface area contributed by atoms with Crippen LogP contribution in [0.15, 0.2) is 39.8 Å². The van der Waals surface area contributed by atoms with Crippen molar-refractivity contribution in [1.29, 1.82) is 0 Å². The second kappa shape index (κ2) is 6.50. The Morgan fingerprint density at radius 1 is 1.27 bits per heavy atom. The lowest BCUT2D eigenvalue weighted by molar-refractivity contribution is -0.274. The number of halogens is 3. The molecule has 2 heterocycles. The number of nitrogens with zero attached hydrogens (tertiary/aromatic N) is 2. The minimum atomic E-state index is -4.74. The maximum absolute atomic E-state index is 12.4. The minimum absolute atomic E-state index is 0.294. The standard InChI is InChI=1S/C18H15F3N2O2S/c1-2-26-15-7-11(10-3-4-10)9-22-16(15)17-23-13-8-12(25-18(19,20)21)5-6-14(13)24-17/h5-10H,2-4H2,1H3. The Kier molecular flexibility index (Phi) is 4.30. The summed E-state index contributed by atoms with van der Waals surface area (Å²) in [7, 11) is 0. The lowest BCUT2D eigenvalue weighted by Crippen LogP contribution is -2.16. The largest absolute Gasteiger partial charge is 0.573 e. The molecule has 0 aliphatic heterocycles. The van der Waals surface area contributed by atoms with E-state index in [0.29, 0.717) is 28.6 Å². The van der Waals surface area contributed by atoms with Gasteiger partial charge in [-0.15, -0.1) is 24.9 Å². The zero-order valence-corrected chi connectivity index (χ0v) is 14.7. The summed E-state index contributed by atoms with van der Waals surface area (Å²) in [4.78, 5) is 9.80. The second-order valence-electron chi connectivity index (χ2n) is 6.02. The van der Waals surface area contributed by atoms with Gasteiger partial charge in [-0.3, -0.25) is 0 Å². The van der Waals surface area contributed by atoms with Crippen LogP contribution in [0.4, 0.5) is 13.2 Å². The summed E-state index contributed by atoms with van der Waals surface area (Å²) < 4.78 is 46.8. The molecule has 1 aromatic carbocycles. The van der Waals surface area contributed by atoms with E-state index in [0.717, 1.165) is 10.6 Å². The molecule has 0 radical (unpaired) electrons. The van der Waals surface area contributed by atoms with E-state index in [1.165, 1.54) is 36.6 Å². The van der Waals surface area contributed by atoms with Gasteiger partial charge >= 0.3 is 6.36 Å². The van der Waals surface area contributed by atoms with Crippen LogP contribution in [0.1, 0.15) is 31.2 Å². The lowest BCUT2D eigenvalue weighted by atomic mass is 10.2. The third-order valence-electron chi connectivity index (χ3n) is 4.02. The highest BCUT2D eigenvalue weighted by Crippen LogP contribution is 2.42. The number of thioether (sulfide) groups is 1. The summed E-state index contributed by atoms with van der Waals surface area (Å²) >= 11 is 1.64. The van der Waals surface area contributed by atoms with Crippen LogP contribution in [0.3, 0.4) is 0 Å². The van der Waals surface area contributed by atoms with Crippen LogP contribution < -0.4 is 4.74 Å². The smallest absolute Gasteiger partial charge is 0.435 e. The average molecular weight is 380 g/mol. The first-order chi connectivity index (χ1) is 12.4. The fourth-order valence-corrected chi connectivity index (χ4v) is 3.54. The first kappa shape index (κ1) is 17.2. The Balaban J connectivity index is 1.71. The van der Waals surface area contributed by atoms with Crippen molar-refractivity contribution in [3.05, 3.63) is 36.0 Å². The summed E-state index contributed by atoms with van der Waals surface area (Å²) in [5.41, 5.74) is 2.50. The van der Waals surface area contributed by atoms with Crippen LogP contribution in [0.5, 0.6) is 5.75 Å². The molecule has 1 saturated carbocycles. The molecule has 2 aromatic heterocycles. The number of oxazole rings is 1. The van der Waals surface area contributed by atoms with E-state index in [2.05, 4.69) is 20.8 Å². The Morgan fingerprint density at radius 3 is 2.77 bits per heavy atom. The van der Waals surface area contributed by atoms with Crippen LogP contribution in [0.2, 0.25) is 0 Å².